The van der Waals surface area contributed by atoms with E-state index in [9.17, 15) is 4.79 Å². The lowest BCUT2D eigenvalue weighted by Crippen LogP contribution is -2.49. The molecule has 4 aromatic rings. The minimum Gasteiger partial charge on any atom is -0.489 e. The molecule has 1 saturated heterocycles. The summed E-state index contributed by atoms with van der Waals surface area (Å²) in [5.74, 6) is 1.13. The van der Waals surface area contributed by atoms with Gasteiger partial charge < -0.3 is 25.0 Å². The van der Waals surface area contributed by atoms with Crippen LogP contribution in [0.5, 0.6) is 5.75 Å². The Kier molecular flexibility index (Phi) is 7.13. The molecule has 0 aliphatic carbocycles. The topological polar surface area (TPSA) is 92.8 Å². The van der Waals surface area contributed by atoms with Crippen molar-refractivity contribution in [2.24, 2.45) is 15.7 Å². The first-order valence-electron chi connectivity index (χ1n) is 13.2. The molecule has 2 aliphatic rings. The van der Waals surface area contributed by atoms with Crippen LogP contribution in [0.2, 0.25) is 0 Å². The zero-order valence-electron chi connectivity index (χ0n) is 21.9. The molecule has 0 unspecified atom stereocenters. The highest BCUT2D eigenvalue weighted by Crippen LogP contribution is 2.24. The van der Waals surface area contributed by atoms with Gasteiger partial charge in [0.25, 0.3) is 0 Å². The minimum absolute atomic E-state index is 0.299. The number of guanidine groups is 1. The molecule has 8 nitrogen and oxygen atoms in total. The Bertz CT molecular complexity index is 1600. The first kappa shape index (κ1) is 25.2. The number of carbonyl (C=O) groups is 1. The van der Waals surface area contributed by atoms with Crippen molar-refractivity contribution >= 4 is 34.3 Å². The highest BCUT2D eigenvalue weighted by Gasteiger charge is 2.27. The van der Waals surface area contributed by atoms with Crippen LogP contribution in [0.1, 0.15) is 11.1 Å². The molecular weight excluding hydrogens is 502 g/mol. The number of nitrogens with two attached hydrogens (primary N) is 1. The maximum absolute atomic E-state index is 12.6. The van der Waals surface area contributed by atoms with E-state index in [1.54, 1.807) is 6.20 Å². The molecule has 1 fully saturated rings. The highest BCUT2D eigenvalue weighted by molar-refractivity contribution is 6.16. The highest BCUT2D eigenvalue weighted by atomic mass is 16.6. The Hall–Kier alpha value is -5.11. The number of piperazine rings is 1. The fourth-order valence-electron chi connectivity index (χ4n) is 4.74. The second kappa shape index (κ2) is 11.3. The van der Waals surface area contributed by atoms with Crippen LogP contribution in [0, 0.1) is 0 Å². The van der Waals surface area contributed by atoms with Gasteiger partial charge in [0.1, 0.15) is 12.4 Å². The third kappa shape index (κ3) is 5.66. The SMILES string of the molecule is NC(=Nc1ccc(OCc2ccccc2)cc1)N1CCN(/C=C2/N=C(c3cccc4ccccc34)OC2=O)CC1. The molecule has 0 aromatic heterocycles. The van der Waals surface area contributed by atoms with E-state index in [1.807, 2.05) is 102 Å². The van der Waals surface area contributed by atoms with Crippen molar-refractivity contribution in [3.8, 4) is 5.75 Å². The molecule has 0 saturated carbocycles. The van der Waals surface area contributed by atoms with Crippen molar-refractivity contribution in [1.29, 1.82) is 0 Å². The molecule has 6 rings (SSSR count). The van der Waals surface area contributed by atoms with Gasteiger partial charge in [-0.3, -0.25) is 0 Å². The minimum atomic E-state index is -0.442. The third-order valence-electron chi connectivity index (χ3n) is 6.91. The summed E-state index contributed by atoms with van der Waals surface area (Å²) in [6.45, 7) is 3.22. The first-order chi connectivity index (χ1) is 19.6. The molecule has 8 heteroatoms. The maximum Gasteiger partial charge on any atom is 0.365 e. The monoisotopic (exact) mass is 531 g/mol. The third-order valence-corrected chi connectivity index (χ3v) is 6.91. The number of benzene rings is 4. The van der Waals surface area contributed by atoms with Gasteiger partial charge in [-0.05, 0) is 46.7 Å². The standard InChI is InChI=1S/C32H29N5O3/c33-32(34-25-13-15-26(16-14-25)39-22-23-7-2-1-3-8-23)37-19-17-36(18-20-37)21-29-31(38)40-30(35-29)28-12-6-10-24-9-4-5-11-27(24)28/h1-16,21H,17-20,22H2,(H2,33,34)/b29-21+. The zero-order chi connectivity index (χ0) is 27.3. The summed E-state index contributed by atoms with van der Waals surface area (Å²) >= 11 is 0. The summed E-state index contributed by atoms with van der Waals surface area (Å²) in [7, 11) is 0. The predicted molar refractivity (Wildman–Crippen MR) is 156 cm³/mol. The number of esters is 1. The molecule has 0 spiro atoms. The van der Waals surface area contributed by atoms with Gasteiger partial charge in [-0.2, -0.15) is 0 Å². The lowest BCUT2D eigenvalue weighted by atomic mass is 10.0. The van der Waals surface area contributed by atoms with Crippen LogP contribution in [0.3, 0.4) is 0 Å². The maximum atomic E-state index is 12.6. The van der Waals surface area contributed by atoms with Crippen LogP contribution in [0.25, 0.3) is 10.8 Å². The van der Waals surface area contributed by atoms with Crippen molar-refractivity contribution in [3.63, 3.8) is 0 Å². The first-order valence-corrected chi connectivity index (χ1v) is 13.2. The molecule has 2 heterocycles. The quantitative estimate of drug-likeness (QED) is 0.166. The van der Waals surface area contributed by atoms with Crippen LogP contribution in [-0.2, 0) is 16.1 Å². The molecule has 2 N–H and O–H groups in total. The fraction of sp³-hybridized carbons (Fsp3) is 0.156. The molecule has 200 valence electrons. The van der Waals surface area contributed by atoms with Gasteiger partial charge >= 0.3 is 5.97 Å². The van der Waals surface area contributed by atoms with E-state index in [-0.39, 0.29) is 0 Å². The predicted octanol–water partition coefficient (Wildman–Crippen LogP) is 4.83. The van der Waals surface area contributed by atoms with E-state index in [0.29, 0.717) is 50.3 Å². The van der Waals surface area contributed by atoms with Crippen LogP contribution in [-0.4, -0.2) is 53.8 Å². The number of cyclic esters (lactones) is 1. The Morgan fingerprint density at radius 3 is 2.42 bits per heavy atom. The number of fused-ring (bicyclic) bond motifs is 1. The van der Waals surface area contributed by atoms with E-state index in [0.717, 1.165) is 33.3 Å². The molecule has 0 atom stereocenters. The number of ether oxygens (including phenoxy) is 2. The Morgan fingerprint density at radius 1 is 0.900 bits per heavy atom. The van der Waals surface area contributed by atoms with Gasteiger partial charge in [-0.15, -0.1) is 0 Å². The van der Waals surface area contributed by atoms with Crippen LogP contribution >= 0.6 is 0 Å². The number of hydrogen-bond acceptors (Lipinski definition) is 6. The summed E-state index contributed by atoms with van der Waals surface area (Å²) in [4.78, 5) is 25.8. The van der Waals surface area contributed by atoms with Gasteiger partial charge in [0, 0.05) is 37.9 Å². The van der Waals surface area contributed by atoms with Crippen molar-refractivity contribution in [2.75, 3.05) is 26.2 Å². The van der Waals surface area contributed by atoms with E-state index in [4.69, 9.17) is 15.2 Å². The van der Waals surface area contributed by atoms with E-state index >= 15 is 0 Å². The number of aliphatic imine (C=N–C) groups is 2. The van der Waals surface area contributed by atoms with E-state index < -0.39 is 5.97 Å². The average molecular weight is 532 g/mol. The number of nitrogens with zero attached hydrogens (tertiary/aromatic N) is 4. The number of rotatable bonds is 6. The van der Waals surface area contributed by atoms with Gasteiger partial charge in [-0.1, -0.05) is 66.7 Å². The smallest absolute Gasteiger partial charge is 0.365 e. The molecular formula is C32H29N5O3. The summed E-state index contributed by atoms with van der Waals surface area (Å²) in [5.41, 5.74) is 9.31. The van der Waals surface area contributed by atoms with Gasteiger partial charge in [0.05, 0.1) is 5.69 Å². The summed E-state index contributed by atoms with van der Waals surface area (Å²) in [6, 6.07) is 31.5. The van der Waals surface area contributed by atoms with E-state index in [1.165, 1.54) is 0 Å². The second-order valence-corrected chi connectivity index (χ2v) is 9.61. The number of carbonyl (C=O) groups excluding carboxylic acids is 1. The Balaban J connectivity index is 1.06. The Morgan fingerprint density at radius 2 is 1.62 bits per heavy atom. The second-order valence-electron chi connectivity index (χ2n) is 9.61. The van der Waals surface area contributed by atoms with Crippen molar-refractivity contribution in [1.82, 2.24) is 9.80 Å². The molecule has 0 radical (unpaired) electrons. The summed E-state index contributed by atoms with van der Waals surface area (Å²) in [6.07, 6.45) is 1.78. The normalized spacial score (nSPS) is 16.8. The summed E-state index contributed by atoms with van der Waals surface area (Å²) in [5, 5.41) is 2.06. The Labute approximate surface area is 232 Å². The molecule has 2 aliphatic heterocycles. The molecule has 40 heavy (non-hydrogen) atoms. The fourth-order valence-corrected chi connectivity index (χ4v) is 4.74. The zero-order valence-corrected chi connectivity index (χ0v) is 21.9. The van der Waals surface area contributed by atoms with Gasteiger partial charge in [0.15, 0.2) is 11.7 Å². The summed E-state index contributed by atoms with van der Waals surface area (Å²) < 4.78 is 11.4. The average Bonchev–Trinajstić information content (AvgIpc) is 3.36. The lowest BCUT2D eigenvalue weighted by molar-refractivity contribution is -0.130. The molecule has 4 aromatic carbocycles. The van der Waals surface area contributed by atoms with Crippen LogP contribution in [0.4, 0.5) is 5.69 Å². The van der Waals surface area contributed by atoms with Gasteiger partial charge in [0.2, 0.25) is 5.90 Å². The largest absolute Gasteiger partial charge is 0.489 e. The molecule has 0 bridgehead atoms. The molecule has 0 amide bonds. The van der Waals surface area contributed by atoms with Crippen molar-refractivity contribution in [2.45, 2.75) is 6.61 Å². The van der Waals surface area contributed by atoms with Gasteiger partial charge in [-0.25, -0.2) is 14.8 Å². The number of hydrogen-bond donors (Lipinski definition) is 1. The van der Waals surface area contributed by atoms with E-state index in [2.05, 4.69) is 14.9 Å². The van der Waals surface area contributed by atoms with Crippen molar-refractivity contribution in [3.05, 3.63) is 120 Å². The van der Waals surface area contributed by atoms with Crippen LogP contribution in [0.15, 0.2) is 119 Å². The lowest BCUT2D eigenvalue weighted by Gasteiger charge is -2.34. The van der Waals surface area contributed by atoms with Crippen molar-refractivity contribution < 1.29 is 14.3 Å². The van der Waals surface area contributed by atoms with Crippen LogP contribution < -0.4 is 10.5 Å².